The van der Waals surface area contributed by atoms with Gasteiger partial charge in [0.15, 0.2) is 0 Å². The lowest BCUT2D eigenvalue weighted by Crippen LogP contribution is -2.14. The Labute approximate surface area is 185 Å². The molecule has 6 nitrogen and oxygen atoms in total. The molecule has 0 atom stereocenters. The van der Waals surface area contributed by atoms with Crippen LogP contribution in [0.5, 0.6) is 11.5 Å². The van der Waals surface area contributed by atoms with Crippen molar-refractivity contribution in [1.82, 2.24) is 9.55 Å². The van der Waals surface area contributed by atoms with Crippen molar-refractivity contribution in [3.05, 3.63) is 78.6 Å². The molecule has 0 saturated carbocycles. The number of anilines is 1. The van der Waals surface area contributed by atoms with Crippen molar-refractivity contribution >= 4 is 34.3 Å². The van der Waals surface area contributed by atoms with Crippen LogP contribution in [0, 0.1) is 0 Å². The Morgan fingerprint density at radius 3 is 2.32 bits per heavy atom. The first-order valence-electron chi connectivity index (χ1n) is 9.80. The molecule has 2 aromatic heterocycles. The number of fused-ring (bicyclic) bond motifs is 1. The van der Waals surface area contributed by atoms with E-state index in [0.29, 0.717) is 0 Å². The molecule has 158 valence electrons. The van der Waals surface area contributed by atoms with Crippen LogP contribution in [0.4, 0.5) is 5.69 Å². The van der Waals surface area contributed by atoms with Crippen LogP contribution in [0.15, 0.2) is 78.1 Å². The number of methoxy groups -OCH3 is 2. The summed E-state index contributed by atoms with van der Waals surface area (Å²) in [4.78, 5) is 16.9. The van der Waals surface area contributed by atoms with Crippen LogP contribution in [-0.4, -0.2) is 35.4 Å². The Balaban J connectivity index is 1.42. The van der Waals surface area contributed by atoms with E-state index in [4.69, 9.17) is 9.47 Å². The second kappa shape index (κ2) is 9.57. The van der Waals surface area contributed by atoms with Crippen LogP contribution in [0.25, 0.3) is 10.9 Å². The fourth-order valence-corrected chi connectivity index (χ4v) is 4.09. The molecule has 31 heavy (non-hydrogen) atoms. The lowest BCUT2D eigenvalue weighted by Gasteiger charge is -2.08. The number of carbonyl (C=O) groups is 1. The molecule has 4 rings (SSSR count). The highest BCUT2D eigenvalue weighted by Gasteiger charge is 2.11. The molecular weight excluding hydrogens is 410 g/mol. The highest BCUT2D eigenvalue weighted by Crippen LogP contribution is 2.27. The summed E-state index contributed by atoms with van der Waals surface area (Å²) in [6, 6.07) is 19.4. The third-order valence-corrected chi connectivity index (χ3v) is 5.89. The molecule has 0 bridgehead atoms. The maximum atomic E-state index is 12.4. The van der Waals surface area contributed by atoms with E-state index in [0.717, 1.165) is 39.7 Å². The molecule has 1 amide bonds. The van der Waals surface area contributed by atoms with E-state index in [1.54, 1.807) is 20.4 Å². The van der Waals surface area contributed by atoms with Gasteiger partial charge >= 0.3 is 0 Å². The monoisotopic (exact) mass is 433 g/mol. The number of thioether (sulfide) groups is 1. The number of amides is 1. The summed E-state index contributed by atoms with van der Waals surface area (Å²) in [6.07, 6.45) is 3.84. The fraction of sp³-hybridized carbons (Fsp3) is 0.167. The molecular formula is C24H23N3O3S. The largest absolute Gasteiger partial charge is 0.497 e. The highest BCUT2D eigenvalue weighted by molar-refractivity contribution is 8.00. The summed E-state index contributed by atoms with van der Waals surface area (Å²) in [6.45, 7) is 0.750. The second-order valence-electron chi connectivity index (χ2n) is 6.91. The SMILES string of the molecule is COc1ccc(Cn2ccc3c(SCC(=O)Nc4ccc(OC)cc4)nccc32)cc1. The van der Waals surface area contributed by atoms with Gasteiger partial charge in [-0.25, -0.2) is 4.98 Å². The smallest absolute Gasteiger partial charge is 0.234 e. The average molecular weight is 434 g/mol. The predicted molar refractivity (Wildman–Crippen MR) is 124 cm³/mol. The number of nitrogens with zero attached hydrogens (tertiary/aromatic N) is 2. The van der Waals surface area contributed by atoms with Crippen molar-refractivity contribution in [2.75, 3.05) is 25.3 Å². The lowest BCUT2D eigenvalue weighted by molar-refractivity contribution is -0.113. The average Bonchev–Trinajstić information content (AvgIpc) is 3.22. The maximum Gasteiger partial charge on any atom is 0.234 e. The van der Waals surface area contributed by atoms with Gasteiger partial charge in [-0.2, -0.15) is 0 Å². The quantitative estimate of drug-likeness (QED) is 0.403. The maximum absolute atomic E-state index is 12.4. The number of nitrogens with one attached hydrogen (secondary N) is 1. The van der Waals surface area contributed by atoms with Crippen LogP contribution in [0.2, 0.25) is 0 Å². The molecule has 0 unspecified atom stereocenters. The van der Waals surface area contributed by atoms with E-state index < -0.39 is 0 Å². The lowest BCUT2D eigenvalue weighted by atomic mass is 10.2. The number of ether oxygens (including phenoxy) is 2. The van der Waals surface area contributed by atoms with Crippen LogP contribution in [-0.2, 0) is 11.3 Å². The zero-order chi connectivity index (χ0) is 21.6. The Hall–Kier alpha value is -3.45. The molecule has 0 aliphatic rings. The van der Waals surface area contributed by atoms with Crippen molar-refractivity contribution in [2.24, 2.45) is 0 Å². The van der Waals surface area contributed by atoms with E-state index in [9.17, 15) is 4.79 Å². The third-order valence-electron chi connectivity index (χ3n) is 4.89. The van der Waals surface area contributed by atoms with Gasteiger partial charge in [-0.3, -0.25) is 4.79 Å². The fourth-order valence-electron chi connectivity index (χ4n) is 3.28. The Morgan fingerprint density at radius 2 is 1.65 bits per heavy atom. The van der Waals surface area contributed by atoms with E-state index in [2.05, 4.69) is 39.3 Å². The molecule has 2 aromatic carbocycles. The normalized spacial score (nSPS) is 10.8. The molecule has 0 aliphatic carbocycles. The topological polar surface area (TPSA) is 65.4 Å². The van der Waals surface area contributed by atoms with E-state index >= 15 is 0 Å². The first-order chi connectivity index (χ1) is 15.2. The number of benzene rings is 2. The molecule has 1 N–H and O–H groups in total. The standard InChI is InChI=1S/C24H23N3O3S/c1-29-19-7-3-17(4-8-19)15-27-14-12-21-22(27)11-13-25-24(21)31-16-23(28)26-18-5-9-20(30-2)10-6-18/h3-14H,15-16H2,1-2H3,(H,26,28). The predicted octanol–water partition coefficient (Wildman–Crippen LogP) is 4.83. The Morgan fingerprint density at radius 1 is 0.968 bits per heavy atom. The zero-order valence-corrected chi connectivity index (χ0v) is 18.2. The van der Waals surface area contributed by atoms with Crippen molar-refractivity contribution in [3.8, 4) is 11.5 Å². The minimum atomic E-state index is -0.0772. The van der Waals surface area contributed by atoms with Gasteiger partial charge in [0, 0.05) is 30.0 Å². The van der Waals surface area contributed by atoms with Crippen molar-refractivity contribution in [3.63, 3.8) is 0 Å². The Kier molecular flexibility index (Phi) is 6.43. The minimum absolute atomic E-state index is 0.0772. The van der Waals surface area contributed by atoms with Crippen LogP contribution < -0.4 is 14.8 Å². The molecule has 2 heterocycles. The summed E-state index contributed by atoms with van der Waals surface area (Å²) in [5.41, 5.74) is 3.01. The molecule has 0 radical (unpaired) electrons. The minimum Gasteiger partial charge on any atom is -0.497 e. The molecule has 0 aliphatic heterocycles. The molecule has 4 aromatic rings. The summed E-state index contributed by atoms with van der Waals surface area (Å²) in [7, 11) is 3.28. The molecule has 0 saturated heterocycles. The molecule has 0 spiro atoms. The van der Waals surface area contributed by atoms with Gasteiger partial charge in [-0.15, -0.1) is 0 Å². The van der Waals surface area contributed by atoms with Gasteiger partial charge in [0.25, 0.3) is 0 Å². The highest BCUT2D eigenvalue weighted by atomic mass is 32.2. The van der Waals surface area contributed by atoms with Gasteiger partial charge in [0.1, 0.15) is 16.5 Å². The van der Waals surface area contributed by atoms with Crippen LogP contribution in [0.1, 0.15) is 5.56 Å². The van der Waals surface area contributed by atoms with Gasteiger partial charge in [0.05, 0.1) is 25.5 Å². The summed E-state index contributed by atoms with van der Waals surface area (Å²) < 4.78 is 12.5. The number of hydrogen-bond donors (Lipinski definition) is 1. The number of hydrogen-bond acceptors (Lipinski definition) is 5. The number of carbonyl (C=O) groups excluding carboxylic acids is 1. The van der Waals surface area contributed by atoms with E-state index in [-0.39, 0.29) is 11.7 Å². The van der Waals surface area contributed by atoms with Crippen molar-refractivity contribution in [2.45, 2.75) is 11.6 Å². The van der Waals surface area contributed by atoms with Gasteiger partial charge in [0.2, 0.25) is 5.91 Å². The summed E-state index contributed by atoms with van der Waals surface area (Å²) in [5.74, 6) is 1.80. The van der Waals surface area contributed by atoms with Gasteiger partial charge in [-0.1, -0.05) is 23.9 Å². The van der Waals surface area contributed by atoms with E-state index in [1.807, 2.05) is 42.5 Å². The Bertz CT molecular complexity index is 1170. The first kappa shape index (κ1) is 20.8. The second-order valence-corrected chi connectivity index (χ2v) is 7.87. The van der Waals surface area contributed by atoms with Crippen LogP contribution in [0.3, 0.4) is 0 Å². The summed E-state index contributed by atoms with van der Waals surface area (Å²) >= 11 is 1.43. The molecule has 0 fully saturated rings. The third kappa shape index (κ3) is 5.00. The van der Waals surface area contributed by atoms with Gasteiger partial charge in [-0.05, 0) is 54.1 Å². The number of aromatic nitrogens is 2. The van der Waals surface area contributed by atoms with Gasteiger partial charge < -0.3 is 19.4 Å². The van der Waals surface area contributed by atoms with Crippen molar-refractivity contribution in [1.29, 1.82) is 0 Å². The van der Waals surface area contributed by atoms with Crippen LogP contribution >= 0.6 is 11.8 Å². The zero-order valence-electron chi connectivity index (χ0n) is 17.4. The number of rotatable bonds is 8. The van der Waals surface area contributed by atoms with E-state index in [1.165, 1.54) is 17.3 Å². The number of pyridine rings is 1. The van der Waals surface area contributed by atoms with Crippen molar-refractivity contribution < 1.29 is 14.3 Å². The summed E-state index contributed by atoms with van der Waals surface area (Å²) in [5, 5.41) is 4.78. The molecule has 7 heteroatoms. The first-order valence-corrected chi connectivity index (χ1v) is 10.8.